The third kappa shape index (κ3) is 2.64. The molecule has 0 amide bonds. The molecule has 2 rings (SSSR count). The topological polar surface area (TPSA) is 91.5 Å². The lowest BCUT2D eigenvalue weighted by Crippen LogP contribution is -2.12. The molecule has 0 radical (unpaired) electrons. The van der Waals surface area contributed by atoms with Crippen LogP contribution in [0, 0.1) is 0 Å². The Morgan fingerprint density at radius 2 is 2.00 bits per heavy atom. The molecule has 2 aromatic rings. The number of nitrogens with one attached hydrogen (secondary N) is 1. The van der Waals surface area contributed by atoms with Crippen LogP contribution in [-0.2, 0) is 0 Å². The Kier molecular flexibility index (Phi) is 3.74. The van der Waals surface area contributed by atoms with Gasteiger partial charge in [-0.3, -0.25) is 0 Å². The van der Waals surface area contributed by atoms with E-state index in [2.05, 4.69) is 10.3 Å². The zero-order valence-electron chi connectivity index (χ0n) is 11.3. The zero-order valence-corrected chi connectivity index (χ0v) is 11.3. The number of nitrogens with zero attached hydrogens (tertiary/aromatic N) is 2. The number of hydrogen-bond donors (Lipinski definition) is 3. The molecule has 6 heteroatoms. The molecular weight excluding hydrogens is 256 g/mol. The van der Waals surface area contributed by atoms with Crippen LogP contribution in [0.2, 0.25) is 0 Å². The second-order valence-corrected chi connectivity index (χ2v) is 4.46. The van der Waals surface area contributed by atoms with Crippen molar-refractivity contribution in [2.24, 2.45) is 0 Å². The molecular formula is C14H16N4O2. The van der Waals surface area contributed by atoms with Crippen LogP contribution in [0.5, 0.6) is 0 Å². The molecule has 4 N–H and O–H groups in total. The number of aromatic carboxylic acids is 1. The van der Waals surface area contributed by atoms with Crippen LogP contribution in [0.25, 0.3) is 0 Å². The summed E-state index contributed by atoms with van der Waals surface area (Å²) in [5.41, 5.74) is 7.75. The molecule has 20 heavy (non-hydrogen) atoms. The molecule has 0 unspecified atom stereocenters. The van der Waals surface area contributed by atoms with Crippen LogP contribution in [0.15, 0.2) is 36.5 Å². The fourth-order valence-electron chi connectivity index (χ4n) is 1.86. The maximum absolute atomic E-state index is 11.1. The highest BCUT2D eigenvalue weighted by molar-refractivity contribution is 5.97. The molecule has 0 saturated carbocycles. The molecule has 0 aliphatic carbocycles. The Labute approximate surface area is 116 Å². The molecule has 1 aromatic heterocycles. The maximum Gasteiger partial charge on any atom is 0.337 e. The van der Waals surface area contributed by atoms with E-state index >= 15 is 0 Å². The highest BCUT2D eigenvalue weighted by Gasteiger charge is 2.13. The summed E-state index contributed by atoms with van der Waals surface area (Å²) in [4.78, 5) is 17.1. The number of rotatable bonds is 4. The standard InChI is InChI=1S/C14H16N4O2/c1-18(2)11-6-4-3-5-10(11)17-13-12(15)9(14(19)20)7-8-16-13/h3-8H,15H2,1-2H3,(H,16,17)(H,19,20). The summed E-state index contributed by atoms with van der Waals surface area (Å²) in [5.74, 6) is -0.743. The van der Waals surface area contributed by atoms with Crippen molar-refractivity contribution in [1.82, 2.24) is 4.98 Å². The van der Waals surface area contributed by atoms with E-state index in [4.69, 9.17) is 10.8 Å². The van der Waals surface area contributed by atoms with E-state index in [1.807, 2.05) is 43.3 Å². The molecule has 1 heterocycles. The van der Waals surface area contributed by atoms with Crippen LogP contribution in [0.3, 0.4) is 0 Å². The van der Waals surface area contributed by atoms with E-state index in [9.17, 15) is 4.79 Å². The highest BCUT2D eigenvalue weighted by atomic mass is 16.4. The second-order valence-electron chi connectivity index (χ2n) is 4.46. The molecule has 1 aromatic carbocycles. The van der Waals surface area contributed by atoms with Crippen molar-refractivity contribution in [3.05, 3.63) is 42.1 Å². The van der Waals surface area contributed by atoms with Gasteiger partial charge in [0.05, 0.1) is 22.6 Å². The van der Waals surface area contributed by atoms with Crippen molar-refractivity contribution in [2.45, 2.75) is 0 Å². The summed E-state index contributed by atoms with van der Waals surface area (Å²) in [6.07, 6.45) is 1.42. The van der Waals surface area contributed by atoms with Gasteiger partial charge in [0.1, 0.15) is 0 Å². The van der Waals surface area contributed by atoms with Crippen LogP contribution in [0.1, 0.15) is 10.4 Å². The predicted molar refractivity (Wildman–Crippen MR) is 79.7 cm³/mol. The fourth-order valence-corrected chi connectivity index (χ4v) is 1.86. The Morgan fingerprint density at radius 3 is 2.65 bits per heavy atom. The van der Waals surface area contributed by atoms with E-state index < -0.39 is 5.97 Å². The summed E-state index contributed by atoms with van der Waals surface area (Å²) in [6, 6.07) is 9.00. The van der Waals surface area contributed by atoms with Crippen molar-refractivity contribution in [3.8, 4) is 0 Å². The van der Waals surface area contributed by atoms with E-state index in [1.165, 1.54) is 12.3 Å². The number of aromatic nitrogens is 1. The minimum atomic E-state index is -1.08. The maximum atomic E-state index is 11.1. The van der Waals surface area contributed by atoms with Gasteiger partial charge in [-0.25, -0.2) is 9.78 Å². The molecule has 0 aliphatic heterocycles. The highest BCUT2D eigenvalue weighted by Crippen LogP contribution is 2.29. The van der Waals surface area contributed by atoms with E-state index in [0.717, 1.165) is 11.4 Å². The molecule has 6 nitrogen and oxygen atoms in total. The number of pyridine rings is 1. The number of nitrogens with two attached hydrogens (primary N) is 1. The first-order valence-electron chi connectivity index (χ1n) is 6.02. The number of hydrogen-bond acceptors (Lipinski definition) is 5. The summed E-state index contributed by atoms with van der Waals surface area (Å²) in [7, 11) is 3.84. The average molecular weight is 272 g/mol. The first-order chi connectivity index (χ1) is 9.50. The first kappa shape index (κ1) is 13.7. The Hall–Kier alpha value is -2.76. The second kappa shape index (κ2) is 5.48. The van der Waals surface area contributed by atoms with Crippen molar-refractivity contribution >= 4 is 28.8 Å². The molecule has 0 bridgehead atoms. The van der Waals surface area contributed by atoms with E-state index in [0.29, 0.717) is 5.82 Å². The first-order valence-corrected chi connectivity index (χ1v) is 6.02. The normalized spacial score (nSPS) is 10.1. The minimum Gasteiger partial charge on any atom is -0.478 e. The lowest BCUT2D eigenvalue weighted by atomic mass is 10.2. The number of carboxylic acid groups (broad SMARTS) is 1. The SMILES string of the molecule is CN(C)c1ccccc1Nc1nccc(C(=O)O)c1N. The Bertz CT molecular complexity index is 641. The van der Waals surface area contributed by atoms with Gasteiger partial charge in [0.25, 0.3) is 0 Å². The third-order valence-electron chi connectivity index (χ3n) is 2.86. The minimum absolute atomic E-state index is 0.0323. The van der Waals surface area contributed by atoms with E-state index in [-0.39, 0.29) is 11.3 Å². The smallest absolute Gasteiger partial charge is 0.337 e. The van der Waals surface area contributed by atoms with Crippen molar-refractivity contribution < 1.29 is 9.90 Å². The van der Waals surface area contributed by atoms with Gasteiger partial charge in [-0.15, -0.1) is 0 Å². The van der Waals surface area contributed by atoms with Gasteiger partial charge in [0.15, 0.2) is 5.82 Å². The van der Waals surface area contributed by atoms with Crippen molar-refractivity contribution in [2.75, 3.05) is 30.0 Å². The molecule has 0 saturated heterocycles. The predicted octanol–water partition coefficient (Wildman–Crippen LogP) is 2.17. The third-order valence-corrected chi connectivity index (χ3v) is 2.86. The number of carboxylic acids is 1. The van der Waals surface area contributed by atoms with E-state index in [1.54, 1.807) is 0 Å². The van der Waals surface area contributed by atoms with Crippen molar-refractivity contribution in [3.63, 3.8) is 0 Å². The van der Waals surface area contributed by atoms with Gasteiger partial charge in [0, 0.05) is 20.3 Å². The molecule has 0 fully saturated rings. The van der Waals surface area contributed by atoms with Gasteiger partial charge in [-0.05, 0) is 18.2 Å². The van der Waals surface area contributed by atoms with Gasteiger partial charge in [-0.2, -0.15) is 0 Å². The lowest BCUT2D eigenvalue weighted by Gasteiger charge is -2.18. The Morgan fingerprint density at radius 1 is 1.30 bits per heavy atom. The largest absolute Gasteiger partial charge is 0.478 e. The summed E-state index contributed by atoms with van der Waals surface area (Å²) >= 11 is 0. The fraction of sp³-hybridized carbons (Fsp3) is 0.143. The lowest BCUT2D eigenvalue weighted by molar-refractivity contribution is 0.0698. The van der Waals surface area contributed by atoms with Gasteiger partial charge >= 0.3 is 5.97 Å². The zero-order chi connectivity index (χ0) is 14.7. The molecule has 0 aliphatic rings. The molecule has 0 spiro atoms. The quantitative estimate of drug-likeness (QED) is 0.790. The van der Waals surface area contributed by atoms with Crippen LogP contribution < -0.4 is 16.0 Å². The number of nitrogen functional groups attached to an aromatic ring is 1. The Balaban J connectivity index is 2.41. The van der Waals surface area contributed by atoms with Gasteiger partial charge in [-0.1, -0.05) is 12.1 Å². The van der Waals surface area contributed by atoms with Crippen molar-refractivity contribution in [1.29, 1.82) is 0 Å². The number of carbonyl (C=O) groups is 1. The van der Waals surface area contributed by atoms with Gasteiger partial charge < -0.3 is 21.1 Å². The molecule has 0 atom stereocenters. The summed E-state index contributed by atoms with van der Waals surface area (Å²) < 4.78 is 0. The van der Waals surface area contributed by atoms with Crippen LogP contribution in [-0.4, -0.2) is 30.2 Å². The number of anilines is 4. The monoisotopic (exact) mass is 272 g/mol. The number of para-hydroxylation sites is 2. The number of benzene rings is 1. The van der Waals surface area contributed by atoms with Crippen LogP contribution >= 0.6 is 0 Å². The van der Waals surface area contributed by atoms with Gasteiger partial charge in [0.2, 0.25) is 0 Å². The summed E-state index contributed by atoms with van der Waals surface area (Å²) in [5, 5.41) is 12.1. The van der Waals surface area contributed by atoms with Crippen LogP contribution in [0.4, 0.5) is 22.9 Å². The average Bonchev–Trinajstić information content (AvgIpc) is 2.41. The summed E-state index contributed by atoms with van der Waals surface area (Å²) in [6.45, 7) is 0. The molecule has 104 valence electrons.